The molecule has 0 aromatic rings. The van der Waals surface area contributed by atoms with E-state index in [2.05, 4.69) is 46.5 Å². The van der Waals surface area contributed by atoms with Crippen LogP contribution in [0.1, 0.15) is 53.9 Å². The highest BCUT2D eigenvalue weighted by Gasteiger charge is 2.06. The zero-order valence-electron chi connectivity index (χ0n) is 9.20. The van der Waals surface area contributed by atoms with Gasteiger partial charge in [0.1, 0.15) is 0 Å². The normalized spacial score (nSPS) is 11.2. The quantitative estimate of drug-likeness (QED) is 0.546. The first-order valence-corrected chi connectivity index (χ1v) is 4.87. The molecule has 0 atom stereocenters. The second-order valence-electron chi connectivity index (χ2n) is 5.02. The number of hydrogen-bond donors (Lipinski definition) is 0. The van der Waals surface area contributed by atoms with Crippen molar-refractivity contribution in [3.63, 3.8) is 0 Å². The maximum atomic E-state index is 3.23. The fourth-order valence-corrected chi connectivity index (χ4v) is 0.777. The van der Waals surface area contributed by atoms with Crippen LogP contribution in [-0.2, 0) is 0 Å². The number of rotatable bonds is 2. The highest BCUT2D eigenvalue weighted by atomic mass is 14.1. The third-order valence-corrected chi connectivity index (χ3v) is 1.59. The largest absolute Gasteiger partial charge is 0.103 e. The molecular weight excluding hydrogens is 144 g/mol. The lowest BCUT2D eigenvalue weighted by Crippen LogP contribution is -2.02. The second kappa shape index (κ2) is 5.25. The van der Waals surface area contributed by atoms with Crippen molar-refractivity contribution in [2.24, 2.45) is 11.3 Å². The molecule has 0 unspecified atom stereocenters. The van der Waals surface area contributed by atoms with Crippen LogP contribution in [0.3, 0.4) is 0 Å². The van der Waals surface area contributed by atoms with Gasteiger partial charge < -0.3 is 0 Å². The molecule has 0 N–H and O–H groups in total. The van der Waals surface area contributed by atoms with E-state index in [1.54, 1.807) is 0 Å². The van der Waals surface area contributed by atoms with E-state index >= 15 is 0 Å². The topological polar surface area (TPSA) is 0 Å². The molecule has 0 fully saturated rings. The number of hydrogen-bond acceptors (Lipinski definition) is 0. The van der Waals surface area contributed by atoms with Gasteiger partial charge in [0, 0.05) is 12.8 Å². The van der Waals surface area contributed by atoms with Crippen molar-refractivity contribution in [1.29, 1.82) is 0 Å². The molecule has 0 heteroatoms. The SMILES string of the molecule is CC(C)CCC#CCC(C)(C)C. The van der Waals surface area contributed by atoms with Gasteiger partial charge in [0.25, 0.3) is 0 Å². The Bertz CT molecular complexity index is 159. The smallest absolute Gasteiger partial charge is 0.0137 e. The van der Waals surface area contributed by atoms with Gasteiger partial charge in [-0.05, 0) is 17.8 Å². The van der Waals surface area contributed by atoms with E-state index in [1.807, 2.05) is 0 Å². The Kier molecular flexibility index (Phi) is 5.06. The van der Waals surface area contributed by atoms with Gasteiger partial charge >= 0.3 is 0 Å². The van der Waals surface area contributed by atoms with Crippen LogP contribution >= 0.6 is 0 Å². The molecular formula is C12H22. The molecule has 0 saturated heterocycles. The van der Waals surface area contributed by atoms with Crippen molar-refractivity contribution in [2.75, 3.05) is 0 Å². The van der Waals surface area contributed by atoms with Gasteiger partial charge in [-0.2, -0.15) is 0 Å². The summed E-state index contributed by atoms with van der Waals surface area (Å²) in [6, 6.07) is 0. The molecule has 0 nitrogen and oxygen atoms in total. The van der Waals surface area contributed by atoms with Gasteiger partial charge in [0.15, 0.2) is 0 Å². The highest BCUT2D eigenvalue weighted by molar-refractivity contribution is 5.01. The Morgan fingerprint density at radius 2 is 1.67 bits per heavy atom. The van der Waals surface area contributed by atoms with Crippen LogP contribution in [0.2, 0.25) is 0 Å². The average molecular weight is 166 g/mol. The Morgan fingerprint density at radius 3 is 2.08 bits per heavy atom. The Labute approximate surface area is 77.8 Å². The molecule has 0 saturated carbocycles. The summed E-state index contributed by atoms with van der Waals surface area (Å²) in [7, 11) is 0. The second-order valence-corrected chi connectivity index (χ2v) is 5.02. The van der Waals surface area contributed by atoms with E-state index in [0.717, 1.165) is 18.8 Å². The van der Waals surface area contributed by atoms with Gasteiger partial charge in [-0.1, -0.05) is 34.6 Å². The van der Waals surface area contributed by atoms with Crippen LogP contribution in [0.25, 0.3) is 0 Å². The van der Waals surface area contributed by atoms with Crippen LogP contribution in [0.5, 0.6) is 0 Å². The maximum Gasteiger partial charge on any atom is 0.0137 e. The minimum Gasteiger partial charge on any atom is -0.103 e. The van der Waals surface area contributed by atoms with E-state index < -0.39 is 0 Å². The van der Waals surface area contributed by atoms with E-state index in [0.29, 0.717) is 5.41 Å². The van der Waals surface area contributed by atoms with E-state index in [9.17, 15) is 0 Å². The molecule has 0 rings (SSSR count). The van der Waals surface area contributed by atoms with Crippen molar-refractivity contribution in [3.05, 3.63) is 0 Å². The van der Waals surface area contributed by atoms with E-state index in [1.165, 1.54) is 6.42 Å². The summed E-state index contributed by atoms with van der Waals surface area (Å²) in [5, 5.41) is 0. The van der Waals surface area contributed by atoms with E-state index in [-0.39, 0.29) is 0 Å². The van der Waals surface area contributed by atoms with Gasteiger partial charge in [0.05, 0.1) is 0 Å². The average Bonchev–Trinajstić information content (AvgIpc) is 1.83. The van der Waals surface area contributed by atoms with Crippen molar-refractivity contribution in [3.8, 4) is 11.8 Å². The molecule has 0 radical (unpaired) electrons. The minimum atomic E-state index is 0.366. The van der Waals surface area contributed by atoms with Crippen LogP contribution in [0, 0.1) is 23.2 Å². The summed E-state index contributed by atoms with van der Waals surface area (Å²) in [6.07, 6.45) is 3.32. The van der Waals surface area contributed by atoms with Crippen molar-refractivity contribution in [1.82, 2.24) is 0 Å². The fraction of sp³-hybridized carbons (Fsp3) is 0.833. The van der Waals surface area contributed by atoms with Crippen molar-refractivity contribution >= 4 is 0 Å². The molecule has 0 aromatic heterocycles. The van der Waals surface area contributed by atoms with Crippen LogP contribution in [0.4, 0.5) is 0 Å². The van der Waals surface area contributed by atoms with Gasteiger partial charge in [-0.15, -0.1) is 11.8 Å². The zero-order chi connectivity index (χ0) is 9.61. The highest BCUT2D eigenvalue weighted by Crippen LogP contribution is 2.16. The summed E-state index contributed by atoms with van der Waals surface area (Å²) in [5.41, 5.74) is 0.366. The molecule has 0 amide bonds. The van der Waals surface area contributed by atoms with Crippen LogP contribution in [-0.4, -0.2) is 0 Å². The molecule has 0 aliphatic carbocycles. The maximum absolute atomic E-state index is 3.23. The molecule has 0 aliphatic heterocycles. The minimum absolute atomic E-state index is 0.366. The van der Waals surface area contributed by atoms with Crippen LogP contribution in [0.15, 0.2) is 0 Å². The summed E-state index contributed by atoms with van der Waals surface area (Å²) >= 11 is 0. The zero-order valence-corrected chi connectivity index (χ0v) is 9.20. The first kappa shape index (κ1) is 11.6. The molecule has 70 valence electrons. The monoisotopic (exact) mass is 166 g/mol. The summed E-state index contributed by atoms with van der Waals surface area (Å²) in [5.74, 6) is 7.24. The Balaban J connectivity index is 3.48. The Hall–Kier alpha value is -0.440. The van der Waals surface area contributed by atoms with E-state index in [4.69, 9.17) is 0 Å². The lowest BCUT2D eigenvalue weighted by molar-refractivity contribution is 0.427. The van der Waals surface area contributed by atoms with Gasteiger partial charge in [0.2, 0.25) is 0 Å². The molecule has 0 aliphatic rings. The van der Waals surface area contributed by atoms with Crippen molar-refractivity contribution < 1.29 is 0 Å². The van der Waals surface area contributed by atoms with Gasteiger partial charge in [-0.3, -0.25) is 0 Å². The lowest BCUT2D eigenvalue weighted by Gasteiger charge is -2.12. The summed E-state index contributed by atoms with van der Waals surface area (Å²) in [6.45, 7) is 11.2. The van der Waals surface area contributed by atoms with Crippen molar-refractivity contribution in [2.45, 2.75) is 53.9 Å². The lowest BCUT2D eigenvalue weighted by atomic mass is 9.93. The fourth-order valence-electron chi connectivity index (χ4n) is 0.777. The first-order chi connectivity index (χ1) is 5.42. The molecule has 0 heterocycles. The predicted molar refractivity (Wildman–Crippen MR) is 55.9 cm³/mol. The molecule has 0 spiro atoms. The summed E-state index contributed by atoms with van der Waals surface area (Å²) < 4.78 is 0. The molecule has 12 heavy (non-hydrogen) atoms. The molecule has 0 bridgehead atoms. The third kappa shape index (κ3) is 9.56. The third-order valence-electron chi connectivity index (χ3n) is 1.59. The van der Waals surface area contributed by atoms with Gasteiger partial charge in [-0.25, -0.2) is 0 Å². The first-order valence-electron chi connectivity index (χ1n) is 4.87. The van der Waals surface area contributed by atoms with Crippen LogP contribution < -0.4 is 0 Å². The molecule has 0 aromatic carbocycles. The standard InChI is InChI=1S/C12H22/c1-11(2)9-7-6-8-10-12(3,4)5/h11H,7,9-10H2,1-5H3. The Morgan fingerprint density at radius 1 is 1.08 bits per heavy atom. The predicted octanol–water partition coefficient (Wildman–Crippen LogP) is 3.86. The summed E-state index contributed by atoms with van der Waals surface area (Å²) in [4.78, 5) is 0.